The Kier molecular flexibility index (Phi) is 8.51. The summed E-state index contributed by atoms with van der Waals surface area (Å²) in [6.45, 7) is 4.65. The maximum atomic E-state index is 13.0. The zero-order valence-corrected chi connectivity index (χ0v) is 18.2. The van der Waals surface area contributed by atoms with Crippen LogP contribution in [0.15, 0.2) is 23.1 Å². The molecule has 12 heteroatoms. The number of rotatable bonds is 8. The SMILES string of the molecule is CCOCCOC(C)C(=O)N1CCN(S(=O)(=O)c2cc(C(F)(F)F)ccc2Cl)CC1. The van der Waals surface area contributed by atoms with E-state index in [1.54, 1.807) is 6.92 Å². The first-order valence-electron chi connectivity index (χ1n) is 9.33. The third kappa shape index (κ3) is 6.07. The van der Waals surface area contributed by atoms with E-state index in [1.165, 1.54) is 4.90 Å². The van der Waals surface area contributed by atoms with Crippen LogP contribution in [0.2, 0.25) is 5.02 Å². The molecule has 0 bridgehead atoms. The molecule has 1 fully saturated rings. The molecule has 0 radical (unpaired) electrons. The van der Waals surface area contributed by atoms with Gasteiger partial charge in [-0.3, -0.25) is 4.79 Å². The van der Waals surface area contributed by atoms with Gasteiger partial charge in [0.1, 0.15) is 11.0 Å². The molecule has 1 aromatic carbocycles. The average Bonchev–Trinajstić information content (AvgIpc) is 2.70. The number of hydrogen-bond donors (Lipinski definition) is 0. The third-order valence-corrected chi connectivity index (χ3v) is 6.95. The van der Waals surface area contributed by atoms with E-state index in [0.29, 0.717) is 19.3 Å². The standard InChI is InChI=1S/C18H24ClF3N2O5S/c1-3-28-10-11-29-13(2)17(25)23-6-8-24(9-7-23)30(26,27)16-12-14(18(20,21)22)4-5-15(16)19/h4-5,12-13H,3,6-11H2,1-2H3. The number of sulfonamides is 1. The minimum absolute atomic E-state index is 0.0632. The Morgan fingerprint density at radius 1 is 1.20 bits per heavy atom. The van der Waals surface area contributed by atoms with Gasteiger partial charge < -0.3 is 14.4 Å². The van der Waals surface area contributed by atoms with Crippen molar-refractivity contribution in [3.05, 3.63) is 28.8 Å². The smallest absolute Gasteiger partial charge is 0.379 e. The van der Waals surface area contributed by atoms with Gasteiger partial charge in [0.15, 0.2) is 0 Å². The van der Waals surface area contributed by atoms with Crippen molar-refractivity contribution < 1.29 is 35.9 Å². The van der Waals surface area contributed by atoms with E-state index in [-0.39, 0.29) is 43.7 Å². The maximum absolute atomic E-state index is 13.0. The van der Waals surface area contributed by atoms with E-state index < -0.39 is 32.8 Å². The lowest BCUT2D eigenvalue weighted by atomic mass is 10.2. The lowest BCUT2D eigenvalue weighted by Gasteiger charge is -2.35. The molecule has 1 amide bonds. The molecule has 0 saturated carbocycles. The Morgan fingerprint density at radius 2 is 1.83 bits per heavy atom. The van der Waals surface area contributed by atoms with Gasteiger partial charge in [-0.1, -0.05) is 11.6 Å². The van der Waals surface area contributed by atoms with Gasteiger partial charge in [0.25, 0.3) is 5.91 Å². The highest BCUT2D eigenvalue weighted by molar-refractivity contribution is 7.89. The molecule has 0 spiro atoms. The molecule has 2 rings (SSSR count). The summed E-state index contributed by atoms with van der Waals surface area (Å²) in [4.78, 5) is 13.3. The van der Waals surface area contributed by atoms with Gasteiger partial charge in [-0.15, -0.1) is 0 Å². The molecule has 1 atom stereocenters. The van der Waals surface area contributed by atoms with Crippen LogP contribution in [0.5, 0.6) is 0 Å². The van der Waals surface area contributed by atoms with Crippen LogP contribution in [0.4, 0.5) is 13.2 Å². The number of nitrogens with zero attached hydrogens (tertiary/aromatic N) is 2. The van der Waals surface area contributed by atoms with Crippen LogP contribution in [0.25, 0.3) is 0 Å². The second-order valence-electron chi connectivity index (χ2n) is 6.58. The molecule has 7 nitrogen and oxygen atoms in total. The summed E-state index contributed by atoms with van der Waals surface area (Å²) < 4.78 is 76.1. The highest BCUT2D eigenvalue weighted by Gasteiger charge is 2.36. The molecule has 170 valence electrons. The molecular formula is C18H24ClF3N2O5S. The number of ether oxygens (including phenoxy) is 2. The van der Waals surface area contributed by atoms with Crippen LogP contribution in [-0.4, -0.2) is 75.6 Å². The van der Waals surface area contributed by atoms with Gasteiger partial charge in [-0.05, 0) is 32.0 Å². The molecule has 1 heterocycles. The second kappa shape index (κ2) is 10.3. The summed E-state index contributed by atoms with van der Waals surface area (Å²) in [5.74, 6) is -0.291. The van der Waals surface area contributed by atoms with Gasteiger partial charge in [-0.25, -0.2) is 8.42 Å². The van der Waals surface area contributed by atoms with Gasteiger partial charge in [0, 0.05) is 32.8 Å². The van der Waals surface area contributed by atoms with Crippen LogP contribution in [0.1, 0.15) is 19.4 Å². The minimum Gasteiger partial charge on any atom is -0.379 e. The second-order valence-corrected chi connectivity index (χ2v) is 8.90. The molecule has 1 saturated heterocycles. The third-order valence-electron chi connectivity index (χ3n) is 4.57. The van der Waals surface area contributed by atoms with Crippen molar-refractivity contribution in [2.24, 2.45) is 0 Å². The predicted molar refractivity (Wildman–Crippen MR) is 104 cm³/mol. The Bertz CT molecular complexity index is 843. The Hall–Kier alpha value is -1.40. The van der Waals surface area contributed by atoms with E-state index in [0.717, 1.165) is 16.4 Å². The summed E-state index contributed by atoms with van der Waals surface area (Å²) in [5.41, 5.74) is -1.10. The lowest BCUT2D eigenvalue weighted by molar-refractivity contribution is -0.144. The van der Waals surface area contributed by atoms with Crippen molar-refractivity contribution in [1.29, 1.82) is 0 Å². The number of piperazine rings is 1. The Balaban J connectivity index is 2.03. The normalized spacial score (nSPS) is 17.2. The van der Waals surface area contributed by atoms with Crippen molar-refractivity contribution >= 4 is 27.5 Å². The molecule has 0 N–H and O–H groups in total. The molecule has 1 aromatic rings. The van der Waals surface area contributed by atoms with E-state index in [4.69, 9.17) is 21.1 Å². The highest BCUT2D eigenvalue weighted by atomic mass is 35.5. The zero-order chi connectivity index (χ0) is 22.5. The van der Waals surface area contributed by atoms with E-state index >= 15 is 0 Å². The van der Waals surface area contributed by atoms with E-state index in [2.05, 4.69) is 0 Å². The van der Waals surface area contributed by atoms with E-state index in [9.17, 15) is 26.4 Å². The first kappa shape index (κ1) is 24.9. The Morgan fingerprint density at radius 3 is 2.40 bits per heavy atom. The van der Waals surface area contributed by atoms with Gasteiger partial charge in [0.2, 0.25) is 10.0 Å². The summed E-state index contributed by atoms with van der Waals surface area (Å²) >= 11 is 5.88. The number of carbonyl (C=O) groups is 1. The number of hydrogen-bond acceptors (Lipinski definition) is 5. The van der Waals surface area contributed by atoms with Crippen LogP contribution < -0.4 is 0 Å². The fraction of sp³-hybridized carbons (Fsp3) is 0.611. The Labute approximate surface area is 178 Å². The first-order chi connectivity index (χ1) is 14.0. The molecular weight excluding hydrogens is 449 g/mol. The van der Waals surface area contributed by atoms with Crippen molar-refractivity contribution in [1.82, 2.24) is 9.21 Å². The van der Waals surface area contributed by atoms with Crippen LogP contribution in [0, 0.1) is 0 Å². The highest BCUT2D eigenvalue weighted by Crippen LogP contribution is 2.34. The molecule has 0 aromatic heterocycles. The summed E-state index contributed by atoms with van der Waals surface area (Å²) in [6.07, 6.45) is -5.41. The fourth-order valence-corrected chi connectivity index (χ4v) is 4.84. The van der Waals surface area contributed by atoms with Crippen molar-refractivity contribution in [3.8, 4) is 0 Å². The van der Waals surface area contributed by atoms with E-state index in [1.807, 2.05) is 6.92 Å². The number of amides is 1. The molecule has 1 unspecified atom stereocenters. The fourth-order valence-electron chi connectivity index (χ4n) is 2.92. The molecule has 1 aliphatic rings. The maximum Gasteiger partial charge on any atom is 0.416 e. The number of benzene rings is 1. The molecule has 1 aliphatic heterocycles. The summed E-state index contributed by atoms with van der Waals surface area (Å²) in [5, 5.41) is -0.294. The quantitative estimate of drug-likeness (QED) is 0.544. The number of carbonyl (C=O) groups excluding carboxylic acids is 1. The van der Waals surface area contributed by atoms with Crippen LogP contribution in [0.3, 0.4) is 0 Å². The minimum atomic E-state index is -4.70. The lowest BCUT2D eigenvalue weighted by Crippen LogP contribution is -2.52. The zero-order valence-electron chi connectivity index (χ0n) is 16.6. The van der Waals surface area contributed by atoms with Crippen molar-refractivity contribution in [2.45, 2.75) is 31.0 Å². The first-order valence-corrected chi connectivity index (χ1v) is 11.1. The van der Waals surface area contributed by atoms with Crippen molar-refractivity contribution in [3.63, 3.8) is 0 Å². The topological polar surface area (TPSA) is 76.2 Å². The monoisotopic (exact) mass is 472 g/mol. The van der Waals surface area contributed by atoms with Gasteiger partial charge in [-0.2, -0.15) is 17.5 Å². The molecule has 30 heavy (non-hydrogen) atoms. The number of halogens is 4. The predicted octanol–water partition coefficient (Wildman–Crippen LogP) is 2.63. The summed E-state index contributed by atoms with van der Waals surface area (Å²) in [7, 11) is -4.25. The molecule has 0 aliphatic carbocycles. The van der Waals surface area contributed by atoms with Crippen molar-refractivity contribution in [2.75, 3.05) is 46.0 Å². The van der Waals surface area contributed by atoms with Crippen LogP contribution in [-0.2, 0) is 30.5 Å². The largest absolute Gasteiger partial charge is 0.416 e. The summed E-state index contributed by atoms with van der Waals surface area (Å²) in [6, 6.07) is 2.17. The van der Waals surface area contributed by atoms with Gasteiger partial charge in [0.05, 0.1) is 23.8 Å². The van der Waals surface area contributed by atoms with Gasteiger partial charge >= 0.3 is 6.18 Å². The average molecular weight is 473 g/mol. The van der Waals surface area contributed by atoms with Crippen LogP contribution >= 0.6 is 11.6 Å². The number of alkyl halides is 3.